The summed E-state index contributed by atoms with van der Waals surface area (Å²) in [5.41, 5.74) is 1.77. The Kier molecular flexibility index (Phi) is 6.99. The molecule has 0 aromatic heterocycles. The SMILES string of the molecule is COC(=O)C1=C(C)NC(C)=C(C(=O)OCC[N+](C)(C)C)[C@@H]1c1cccc([N+](=O)[O-])c1. The van der Waals surface area contributed by atoms with Crippen molar-refractivity contribution in [3.63, 3.8) is 0 Å². The molecule has 1 aliphatic heterocycles. The minimum atomic E-state index is -0.852. The summed E-state index contributed by atoms with van der Waals surface area (Å²) < 4.78 is 11.0. The van der Waals surface area contributed by atoms with Crippen LogP contribution in [0.25, 0.3) is 0 Å². The monoisotopic (exact) mass is 418 g/mol. The van der Waals surface area contributed by atoms with Crippen LogP contribution in [0.15, 0.2) is 46.8 Å². The fourth-order valence-corrected chi connectivity index (χ4v) is 3.29. The van der Waals surface area contributed by atoms with E-state index in [2.05, 4.69) is 5.32 Å². The number of nitro benzene ring substituents is 1. The predicted molar refractivity (Wildman–Crippen MR) is 110 cm³/mol. The van der Waals surface area contributed by atoms with Crippen LogP contribution in [0.5, 0.6) is 0 Å². The van der Waals surface area contributed by atoms with Crippen LogP contribution in [0.4, 0.5) is 5.69 Å². The van der Waals surface area contributed by atoms with E-state index in [0.717, 1.165) is 0 Å². The second kappa shape index (κ2) is 9.08. The number of hydrogen-bond donors (Lipinski definition) is 1. The number of nitro groups is 1. The first-order valence-corrected chi connectivity index (χ1v) is 9.45. The van der Waals surface area contributed by atoms with E-state index in [4.69, 9.17) is 9.47 Å². The molecule has 1 aliphatic rings. The molecule has 30 heavy (non-hydrogen) atoms. The maximum atomic E-state index is 13.0. The zero-order valence-electron chi connectivity index (χ0n) is 18.1. The van der Waals surface area contributed by atoms with Crippen molar-refractivity contribution in [3.05, 3.63) is 62.5 Å². The van der Waals surface area contributed by atoms with Gasteiger partial charge in [0.15, 0.2) is 0 Å². The van der Waals surface area contributed by atoms with E-state index in [1.807, 2.05) is 21.1 Å². The molecule has 0 spiro atoms. The largest absolute Gasteiger partial charge is 0.466 e. The third-order valence-corrected chi connectivity index (χ3v) is 4.80. The van der Waals surface area contributed by atoms with Crippen LogP contribution in [0.3, 0.4) is 0 Å². The first kappa shape index (κ1) is 23.1. The van der Waals surface area contributed by atoms with Gasteiger partial charge in [-0.25, -0.2) is 9.59 Å². The third-order valence-electron chi connectivity index (χ3n) is 4.80. The molecule has 2 rings (SSSR count). The normalized spacial score (nSPS) is 16.8. The van der Waals surface area contributed by atoms with Crippen LogP contribution in [0.2, 0.25) is 0 Å². The zero-order valence-corrected chi connectivity index (χ0v) is 18.1. The van der Waals surface area contributed by atoms with E-state index >= 15 is 0 Å². The van der Waals surface area contributed by atoms with Gasteiger partial charge in [0.2, 0.25) is 0 Å². The van der Waals surface area contributed by atoms with E-state index in [-0.39, 0.29) is 23.4 Å². The number of nitrogens with zero attached hydrogens (tertiary/aromatic N) is 2. The highest BCUT2D eigenvalue weighted by atomic mass is 16.6. The van der Waals surface area contributed by atoms with Crippen LogP contribution < -0.4 is 5.32 Å². The van der Waals surface area contributed by atoms with Crippen molar-refractivity contribution in [2.75, 3.05) is 41.4 Å². The van der Waals surface area contributed by atoms with E-state index in [0.29, 0.717) is 28.0 Å². The molecule has 0 radical (unpaired) electrons. The first-order chi connectivity index (χ1) is 14.0. The number of hydrogen-bond acceptors (Lipinski definition) is 7. The highest BCUT2D eigenvalue weighted by Crippen LogP contribution is 2.40. The summed E-state index contributed by atoms with van der Waals surface area (Å²) in [5.74, 6) is -2.06. The lowest BCUT2D eigenvalue weighted by atomic mass is 9.80. The number of benzene rings is 1. The topological polar surface area (TPSA) is 108 Å². The summed E-state index contributed by atoms with van der Waals surface area (Å²) in [6.45, 7) is 4.19. The fourth-order valence-electron chi connectivity index (χ4n) is 3.29. The maximum Gasteiger partial charge on any atom is 0.336 e. The molecule has 0 saturated heterocycles. The van der Waals surface area contributed by atoms with Gasteiger partial charge in [-0.2, -0.15) is 0 Å². The number of ether oxygens (including phenoxy) is 2. The lowest BCUT2D eigenvalue weighted by Gasteiger charge is -2.30. The molecule has 1 aromatic rings. The Morgan fingerprint density at radius 1 is 1.13 bits per heavy atom. The summed E-state index contributed by atoms with van der Waals surface area (Å²) in [6.07, 6.45) is 0. The zero-order chi connectivity index (χ0) is 22.6. The van der Waals surface area contributed by atoms with Gasteiger partial charge in [0.1, 0.15) is 13.2 Å². The Bertz CT molecular complexity index is 927. The molecule has 9 nitrogen and oxygen atoms in total. The average Bonchev–Trinajstić information content (AvgIpc) is 2.65. The number of dihydropyridines is 1. The molecule has 1 aromatic carbocycles. The standard InChI is InChI=1S/C21H27N3O6/c1-13-17(20(25)29-6)19(15-8-7-9-16(12-15)23(27)28)18(14(2)22-13)21(26)30-11-10-24(3,4)5/h7-9,12,19H,10-11H2,1-6H3/p+1/t19-/m1/s1. The third kappa shape index (κ3) is 5.24. The van der Waals surface area contributed by atoms with Crippen LogP contribution in [0.1, 0.15) is 25.3 Å². The number of allylic oxidation sites excluding steroid dienone is 2. The van der Waals surface area contributed by atoms with Crippen molar-refractivity contribution in [1.82, 2.24) is 5.32 Å². The number of methoxy groups -OCH3 is 1. The number of esters is 2. The van der Waals surface area contributed by atoms with Gasteiger partial charge in [-0.15, -0.1) is 0 Å². The molecule has 0 saturated carbocycles. The molecule has 0 bridgehead atoms. The number of likely N-dealkylation sites (N-methyl/N-ethyl adjacent to an activating group) is 1. The van der Waals surface area contributed by atoms with E-state index in [1.54, 1.807) is 19.9 Å². The Balaban J connectivity index is 2.53. The first-order valence-electron chi connectivity index (χ1n) is 9.45. The van der Waals surface area contributed by atoms with Gasteiger partial charge < -0.3 is 19.3 Å². The Labute approximate surface area is 175 Å². The molecule has 0 amide bonds. The molecule has 0 unspecified atom stereocenters. The second-order valence-corrected chi connectivity index (χ2v) is 8.13. The Morgan fingerprint density at radius 2 is 1.73 bits per heavy atom. The minimum absolute atomic E-state index is 0.136. The van der Waals surface area contributed by atoms with Crippen molar-refractivity contribution in [2.45, 2.75) is 19.8 Å². The molecule has 1 N–H and O–H groups in total. The molecular formula is C21H28N3O6+. The van der Waals surface area contributed by atoms with Gasteiger partial charge in [0.05, 0.1) is 50.2 Å². The molecule has 1 heterocycles. The van der Waals surface area contributed by atoms with Crippen LogP contribution >= 0.6 is 0 Å². The number of non-ortho nitro benzene ring substituents is 1. The summed E-state index contributed by atoms with van der Waals surface area (Å²) in [4.78, 5) is 36.3. The predicted octanol–water partition coefficient (Wildman–Crippen LogP) is 2.25. The van der Waals surface area contributed by atoms with E-state index in [1.165, 1.54) is 25.3 Å². The summed E-state index contributed by atoms with van der Waals surface area (Å²) in [6, 6.07) is 5.88. The van der Waals surface area contributed by atoms with Crippen molar-refractivity contribution in [2.24, 2.45) is 0 Å². The second-order valence-electron chi connectivity index (χ2n) is 8.13. The van der Waals surface area contributed by atoms with Crippen LogP contribution in [-0.2, 0) is 19.1 Å². The Hall–Kier alpha value is -3.20. The van der Waals surface area contributed by atoms with Gasteiger partial charge in [0.25, 0.3) is 5.69 Å². The van der Waals surface area contributed by atoms with Crippen molar-refractivity contribution in [3.8, 4) is 0 Å². The Morgan fingerprint density at radius 3 is 2.27 bits per heavy atom. The smallest absolute Gasteiger partial charge is 0.336 e. The molecule has 0 aliphatic carbocycles. The van der Waals surface area contributed by atoms with Crippen molar-refractivity contribution in [1.29, 1.82) is 0 Å². The lowest BCUT2D eigenvalue weighted by Crippen LogP contribution is -2.38. The molecular weight excluding hydrogens is 390 g/mol. The quantitative estimate of drug-likeness (QED) is 0.313. The van der Waals surface area contributed by atoms with Crippen molar-refractivity contribution < 1.29 is 28.5 Å². The summed E-state index contributed by atoms with van der Waals surface area (Å²) in [5, 5.41) is 14.3. The number of carbonyl (C=O) groups excluding carboxylic acids is 2. The van der Waals surface area contributed by atoms with Gasteiger partial charge in [0, 0.05) is 23.5 Å². The molecule has 9 heteroatoms. The lowest BCUT2D eigenvalue weighted by molar-refractivity contribution is -0.870. The minimum Gasteiger partial charge on any atom is -0.466 e. The fraction of sp³-hybridized carbons (Fsp3) is 0.429. The number of carbonyl (C=O) groups is 2. The maximum absolute atomic E-state index is 13.0. The van der Waals surface area contributed by atoms with Gasteiger partial charge in [-0.3, -0.25) is 10.1 Å². The summed E-state index contributed by atoms with van der Waals surface area (Å²) >= 11 is 0. The van der Waals surface area contributed by atoms with Crippen LogP contribution in [-0.4, -0.2) is 62.7 Å². The number of rotatable bonds is 7. The highest BCUT2D eigenvalue weighted by Gasteiger charge is 2.38. The van der Waals surface area contributed by atoms with Crippen molar-refractivity contribution >= 4 is 17.6 Å². The van der Waals surface area contributed by atoms with Gasteiger partial charge in [-0.05, 0) is 19.4 Å². The molecule has 1 atom stereocenters. The van der Waals surface area contributed by atoms with E-state index < -0.39 is 22.8 Å². The van der Waals surface area contributed by atoms with Crippen LogP contribution in [0, 0.1) is 10.1 Å². The highest BCUT2D eigenvalue weighted by molar-refractivity contribution is 5.99. The molecule has 162 valence electrons. The van der Waals surface area contributed by atoms with Gasteiger partial charge in [-0.1, -0.05) is 12.1 Å². The number of quaternary nitrogens is 1. The number of nitrogens with one attached hydrogen (secondary N) is 1. The van der Waals surface area contributed by atoms with E-state index in [9.17, 15) is 19.7 Å². The molecule has 0 fully saturated rings. The average molecular weight is 418 g/mol. The summed E-state index contributed by atoms with van der Waals surface area (Å²) in [7, 11) is 7.19. The van der Waals surface area contributed by atoms with Gasteiger partial charge >= 0.3 is 11.9 Å².